The summed E-state index contributed by atoms with van der Waals surface area (Å²) in [6, 6.07) is 14.8. The monoisotopic (exact) mass is 554 g/mol. The van der Waals surface area contributed by atoms with Crippen molar-refractivity contribution in [3.05, 3.63) is 108 Å². The average Bonchev–Trinajstić information content (AvgIpc) is 2.84. The van der Waals surface area contributed by atoms with Crippen molar-refractivity contribution in [1.29, 1.82) is 0 Å². The van der Waals surface area contributed by atoms with Gasteiger partial charge in [0.2, 0.25) is 0 Å². The third-order valence-electron chi connectivity index (χ3n) is 5.89. The molecule has 0 spiro atoms. The first-order chi connectivity index (χ1) is 18.0. The van der Waals surface area contributed by atoms with Crippen LogP contribution in [0.1, 0.15) is 21.5 Å². The van der Waals surface area contributed by atoms with Gasteiger partial charge in [-0.05, 0) is 61.6 Å². The highest BCUT2D eigenvalue weighted by molar-refractivity contribution is 6.39. The van der Waals surface area contributed by atoms with E-state index in [1.807, 2.05) is 25.1 Å². The minimum Gasteiger partial charge on any atom is -0.480 e. The molecule has 0 saturated heterocycles. The molecule has 4 rings (SSSR count). The maximum atomic E-state index is 13.1. The second kappa shape index (κ2) is 11.2. The predicted molar refractivity (Wildman–Crippen MR) is 147 cm³/mol. The lowest BCUT2D eigenvalue weighted by Gasteiger charge is -2.16. The zero-order valence-corrected chi connectivity index (χ0v) is 22.0. The van der Waals surface area contributed by atoms with Crippen molar-refractivity contribution in [2.45, 2.75) is 19.0 Å². The maximum Gasteiger partial charge on any atom is 0.333 e. The van der Waals surface area contributed by atoms with Gasteiger partial charge in [0, 0.05) is 13.0 Å². The standard InChI is InChI=1S/C27H24Cl2N4O5/c1-32(2)14-16-8-11-18-21(13-16)31-27(38)33(25(18)35)17-9-6-15(7-10-17)12-22(26(36)37)30-24(34)23-19(28)4-3-5-20(23)29/h3-11,13,22H,12,14H2,1-2H3,(H,30,34)(H,31,38)(H,36,37)/t22-/m0/s1. The van der Waals surface area contributed by atoms with E-state index in [1.54, 1.807) is 42.5 Å². The lowest BCUT2D eigenvalue weighted by Crippen LogP contribution is -2.42. The first-order valence-electron chi connectivity index (χ1n) is 11.5. The number of halogens is 2. The van der Waals surface area contributed by atoms with Crippen LogP contribution in [0.4, 0.5) is 0 Å². The summed E-state index contributed by atoms with van der Waals surface area (Å²) in [7, 11) is 3.85. The van der Waals surface area contributed by atoms with Crippen molar-refractivity contribution in [2.24, 2.45) is 0 Å². The Morgan fingerprint density at radius 1 is 1.00 bits per heavy atom. The summed E-state index contributed by atoms with van der Waals surface area (Å²) >= 11 is 12.1. The minimum absolute atomic E-state index is 0.0128. The zero-order valence-electron chi connectivity index (χ0n) is 20.5. The van der Waals surface area contributed by atoms with Gasteiger partial charge in [0.1, 0.15) is 6.04 Å². The Morgan fingerprint density at radius 3 is 2.24 bits per heavy atom. The number of carbonyl (C=O) groups is 2. The highest BCUT2D eigenvalue weighted by atomic mass is 35.5. The summed E-state index contributed by atoms with van der Waals surface area (Å²) in [6.45, 7) is 0.658. The van der Waals surface area contributed by atoms with Crippen molar-refractivity contribution in [1.82, 2.24) is 19.8 Å². The van der Waals surface area contributed by atoms with Gasteiger partial charge >= 0.3 is 11.7 Å². The number of aliphatic carboxylic acids is 1. The Labute approximate surface area is 227 Å². The number of amides is 1. The lowest BCUT2D eigenvalue weighted by molar-refractivity contribution is -0.139. The predicted octanol–water partition coefficient (Wildman–Crippen LogP) is 3.47. The lowest BCUT2D eigenvalue weighted by atomic mass is 10.0. The van der Waals surface area contributed by atoms with Crippen LogP contribution < -0.4 is 16.6 Å². The van der Waals surface area contributed by atoms with Crippen LogP contribution in [-0.2, 0) is 17.8 Å². The van der Waals surface area contributed by atoms with Gasteiger partial charge in [0.15, 0.2) is 0 Å². The van der Waals surface area contributed by atoms with Crippen molar-refractivity contribution < 1.29 is 14.7 Å². The van der Waals surface area contributed by atoms with E-state index in [2.05, 4.69) is 10.3 Å². The molecule has 3 aromatic carbocycles. The van der Waals surface area contributed by atoms with E-state index >= 15 is 0 Å². The Kier molecular flexibility index (Phi) is 8.01. The van der Waals surface area contributed by atoms with Gasteiger partial charge in [-0.2, -0.15) is 0 Å². The van der Waals surface area contributed by atoms with Gasteiger partial charge in [-0.15, -0.1) is 0 Å². The fourth-order valence-electron chi connectivity index (χ4n) is 4.13. The van der Waals surface area contributed by atoms with E-state index in [-0.39, 0.29) is 22.0 Å². The molecule has 9 nitrogen and oxygen atoms in total. The second-order valence-corrected chi connectivity index (χ2v) is 9.83. The SMILES string of the molecule is CN(C)Cc1ccc2c(=O)n(-c3ccc(C[C@H](NC(=O)c4c(Cl)cccc4Cl)C(=O)O)cc3)c(=O)[nH]c2c1. The number of rotatable bonds is 8. The number of H-pyrrole nitrogens is 1. The fourth-order valence-corrected chi connectivity index (χ4v) is 4.69. The van der Waals surface area contributed by atoms with E-state index < -0.39 is 29.2 Å². The van der Waals surface area contributed by atoms with Gasteiger partial charge in [0.25, 0.3) is 11.5 Å². The number of aromatic nitrogens is 2. The summed E-state index contributed by atoms with van der Waals surface area (Å²) in [5, 5.41) is 12.7. The largest absolute Gasteiger partial charge is 0.480 e. The average molecular weight is 555 g/mol. The van der Waals surface area contributed by atoms with Gasteiger partial charge in [-0.1, -0.05) is 47.5 Å². The zero-order chi connectivity index (χ0) is 27.6. The minimum atomic E-state index is -1.27. The van der Waals surface area contributed by atoms with Gasteiger partial charge < -0.3 is 20.3 Å². The van der Waals surface area contributed by atoms with Crippen molar-refractivity contribution >= 4 is 46.0 Å². The molecule has 0 unspecified atom stereocenters. The number of nitrogens with zero attached hydrogens (tertiary/aromatic N) is 2. The molecule has 0 fully saturated rings. The molecule has 0 aliphatic rings. The van der Waals surface area contributed by atoms with Gasteiger partial charge in [-0.3, -0.25) is 9.59 Å². The van der Waals surface area contributed by atoms with Crippen LogP contribution in [0.2, 0.25) is 10.0 Å². The first-order valence-corrected chi connectivity index (χ1v) is 12.3. The molecule has 1 heterocycles. The molecule has 196 valence electrons. The smallest absolute Gasteiger partial charge is 0.333 e. The van der Waals surface area contributed by atoms with Gasteiger partial charge in [-0.25, -0.2) is 14.2 Å². The number of carboxylic acid groups (broad SMARTS) is 1. The molecule has 0 bridgehead atoms. The molecule has 3 N–H and O–H groups in total. The first kappa shape index (κ1) is 27.1. The normalized spacial score (nSPS) is 12.0. The number of benzene rings is 3. The Bertz CT molecular complexity index is 1620. The molecule has 38 heavy (non-hydrogen) atoms. The van der Waals surface area contributed by atoms with E-state index in [4.69, 9.17) is 23.2 Å². The van der Waals surface area contributed by atoms with E-state index in [1.165, 1.54) is 12.1 Å². The fraction of sp³-hybridized carbons (Fsp3) is 0.185. The molecule has 11 heteroatoms. The molecule has 1 amide bonds. The topological polar surface area (TPSA) is 124 Å². The van der Waals surface area contributed by atoms with E-state index in [0.717, 1.165) is 10.1 Å². The quantitative estimate of drug-likeness (QED) is 0.306. The number of hydrogen-bond donors (Lipinski definition) is 3. The third-order valence-corrected chi connectivity index (χ3v) is 6.52. The van der Waals surface area contributed by atoms with E-state index in [9.17, 15) is 24.3 Å². The van der Waals surface area contributed by atoms with E-state index in [0.29, 0.717) is 28.7 Å². The van der Waals surface area contributed by atoms with Crippen LogP contribution in [0.15, 0.2) is 70.3 Å². The number of nitrogens with one attached hydrogen (secondary N) is 2. The molecule has 1 aromatic heterocycles. The van der Waals surface area contributed by atoms with Crippen molar-refractivity contribution in [2.75, 3.05) is 14.1 Å². The molecule has 1 atom stereocenters. The molecule has 4 aromatic rings. The Morgan fingerprint density at radius 2 is 1.63 bits per heavy atom. The second-order valence-electron chi connectivity index (χ2n) is 9.02. The van der Waals surface area contributed by atoms with Crippen LogP contribution in [0, 0.1) is 0 Å². The number of carbonyl (C=O) groups excluding carboxylic acids is 1. The van der Waals surface area contributed by atoms with Crippen molar-refractivity contribution in [3.8, 4) is 5.69 Å². The third kappa shape index (κ3) is 5.80. The highest BCUT2D eigenvalue weighted by Crippen LogP contribution is 2.24. The number of carboxylic acids is 1. The summed E-state index contributed by atoms with van der Waals surface area (Å²) in [4.78, 5) is 55.2. The number of aromatic amines is 1. The molecular weight excluding hydrogens is 531 g/mol. The molecule has 0 aliphatic carbocycles. The maximum absolute atomic E-state index is 13.1. The Hall–Kier alpha value is -3.92. The summed E-state index contributed by atoms with van der Waals surface area (Å²) in [5.74, 6) is -1.96. The molecule has 0 radical (unpaired) electrons. The highest BCUT2D eigenvalue weighted by Gasteiger charge is 2.24. The molecule has 0 aliphatic heterocycles. The van der Waals surface area contributed by atoms with Crippen LogP contribution in [-0.4, -0.2) is 51.6 Å². The van der Waals surface area contributed by atoms with Crippen molar-refractivity contribution in [3.63, 3.8) is 0 Å². The number of hydrogen-bond acceptors (Lipinski definition) is 5. The van der Waals surface area contributed by atoms with Crippen LogP contribution in [0.5, 0.6) is 0 Å². The summed E-state index contributed by atoms with van der Waals surface area (Å²) in [6.07, 6.45) is -0.0545. The number of fused-ring (bicyclic) bond motifs is 1. The molecule has 0 saturated carbocycles. The van der Waals surface area contributed by atoms with Gasteiger partial charge in [0.05, 0.1) is 32.2 Å². The van der Waals surface area contributed by atoms with Crippen LogP contribution in [0.25, 0.3) is 16.6 Å². The Balaban J connectivity index is 1.58. The summed E-state index contributed by atoms with van der Waals surface area (Å²) < 4.78 is 1.02. The summed E-state index contributed by atoms with van der Waals surface area (Å²) in [5.41, 5.74) is 1.21. The van der Waals surface area contributed by atoms with Crippen LogP contribution in [0.3, 0.4) is 0 Å². The van der Waals surface area contributed by atoms with Crippen LogP contribution >= 0.6 is 23.2 Å². The molecular formula is C27H24Cl2N4O5.